The van der Waals surface area contributed by atoms with Gasteiger partial charge >= 0.3 is 0 Å². The lowest BCUT2D eigenvalue weighted by Crippen LogP contribution is -2.46. The van der Waals surface area contributed by atoms with Crippen molar-refractivity contribution in [2.45, 2.75) is 18.9 Å². The zero-order chi connectivity index (χ0) is 22.2. The second-order valence-corrected chi connectivity index (χ2v) is 7.74. The number of nitrogens with one attached hydrogen (secondary N) is 2. The Morgan fingerprint density at radius 3 is 2.67 bits per heavy atom. The van der Waals surface area contributed by atoms with E-state index < -0.39 is 0 Å². The van der Waals surface area contributed by atoms with Crippen LogP contribution in [0, 0.1) is 5.82 Å². The monoisotopic (exact) mass is 567 g/mol. The van der Waals surface area contributed by atoms with Crippen molar-refractivity contribution in [2.24, 2.45) is 4.99 Å². The number of nitrogens with zero attached hydrogens (tertiary/aromatic N) is 5. The fourth-order valence-electron chi connectivity index (χ4n) is 3.96. The first-order valence-electron chi connectivity index (χ1n) is 11.0. The largest absolute Gasteiger partial charge is 0.379 e. The molecular weight excluding hydrogens is 536 g/mol. The molecule has 0 bridgehead atoms. The Bertz CT molecular complexity index is 1020. The lowest BCUT2D eigenvalue weighted by molar-refractivity contribution is 0.0170. The molecule has 0 aliphatic carbocycles. The maximum Gasteiger partial charge on any atom is 0.191 e. The predicted molar refractivity (Wildman–Crippen MR) is 138 cm³/mol. The SMILES string of the molecule is CN=C(NCCCc1nnc2ccccn12)NCC(c1ccc(F)cc1)N1CCOCC1.I. The average molecular weight is 567 g/mol. The summed E-state index contributed by atoms with van der Waals surface area (Å²) in [6.07, 6.45) is 3.71. The minimum atomic E-state index is -0.222. The molecule has 1 aromatic carbocycles. The Kier molecular flexibility index (Phi) is 9.82. The van der Waals surface area contributed by atoms with Crippen LogP contribution in [0.1, 0.15) is 23.9 Å². The van der Waals surface area contributed by atoms with Crippen LogP contribution in [0.2, 0.25) is 0 Å². The molecule has 1 fully saturated rings. The Hall–Kier alpha value is -2.31. The van der Waals surface area contributed by atoms with E-state index in [4.69, 9.17) is 4.74 Å². The van der Waals surface area contributed by atoms with Crippen molar-refractivity contribution in [1.82, 2.24) is 30.1 Å². The molecule has 1 saturated heterocycles. The second-order valence-electron chi connectivity index (χ2n) is 7.74. The van der Waals surface area contributed by atoms with E-state index in [2.05, 4.69) is 30.7 Å². The van der Waals surface area contributed by atoms with Gasteiger partial charge in [-0.05, 0) is 36.2 Å². The molecule has 3 heterocycles. The molecule has 2 aromatic heterocycles. The predicted octanol–water partition coefficient (Wildman–Crippen LogP) is 2.66. The molecule has 33 heavy (non-hydrogen) atoms. The highest BCUT2D eigenvalue weighted by Gasteiger charge is 2.23. The van der Waals surface area contributed by atoms with Gasteiger partial charge in [0.1, 0.15) is 11.6 Å². The number of fused-ring (bicyclic) bond motifs is 1. The van der Waals surface area contributed by atoms with Crippen LogP contribution in [0.3, 0.4) is 0 Å². The van der Waals surface area contributed by atoms with E-state index in [-0.39, 0.29) is 35.8 Å². The van der Waals surface area contributed by atoms with Gasteiger partial charge in [-0.2, -0.15) is 0 Å². The van der Waals surface area contributed by atoms with Gasteiger partial charge in [-0.15, -0.1) is 34.2 Å². The first kappa shape index (κ1) is 25.3. The van der Waals surface area contributed by atoms with Gasteiger partial charge in [-0.25, -0.2) is 4.39 Å². The minimum Gasteiger partial charge on any atom is -0.379 e. The van der Waals surface area contributed by atoms with E-state index >= 15 is 0 Å². The van der Waals surface area contributed by atoms with Crippen LogP contribution in [-0.4, -0.2) is 71.9 Å². The lowest BCUT2D eigenvalue weighted by Gasteiger charge is -2.35. The molecule has 1 aliphatic heterocycles. The molecule has 0 radical (unpaired) electrons. The standard InChI is InChI=1S/C23H30FN7O.HI/c1-25-23(26-11-4-6-22-29-28-21-5-2-3-12-31(21)22)27-17-20(30-13-15-32-16-14-30)18-7-9-19(24)10-8-18;/h2-3,5,7-10,12,20H,4,6,11,13-17H2,1H3,(H2,25,26,27);1H. The molecule has 8 nitrogen and oxygen atoms in total. The van der Waals surface area contributed by atoms with Gasteiger partial charge in [0.05, 0.1) is 19.3 Å². The second kappa shape index (κ2) is 12.8. The average Bonchev–Trinajstić information content (AvgIpc) is 3.25. The molecular formula is C23H31FIN7O. The number of benzene rings is 1. The van der Waals surface area contributed by atoms with Gasteiger partial charge in [0.2, 0.25) is 0 Å². The summed E-state index contributed by atoms with van der Waals surface area (Å²) in [7, 11) is 1.77. The first-order valence-corrected chi connectivity index (χ1v) is 11.0. The number of hydrogen-bond donors (Lipinski definition) is 2. The molecule has 4 rings (SSSR count). The van der Waals surface area contributed by atoms with Crippen molar-refractivity contribution in [3.8, 4) is 0 Å². The maximum atomic E-state index is 13.4. The number of morpholine rings is 1. The third-order valence-corrected chi connectivity index (χ3v) is 5.68. The van der Waals surface area contributed by atoms with Crippen LogP contribution in [-0.2, 0) is 11.2 Å². The van der Waals surface area contributed by atoms with Gasteiger partial charge < -0.3 is 15.4 Å². The lowest BCUT2D eigenvalue weighted by atomic mass is 10.0. The number of aryl methyl sites for hydroxylation is 1. The van der Waals surface area contributed by atoms with Gasteiger partial charge in [-0.1, -0.05) is 18.2 Å². The maximum absolute atomic E-state index is 13.4. The van der Waals surface area contributed by atoms with Gasteiger partial charge in [0, 0.05) is 45.8 Å². The summed E-state index contributed by atoms with van der Waals surface area (Å²) in [4.78, 5) is 6.72. The summed E-state index contributed by atoms with van der Waals surface area (Å²) in [5.74, 6) is 1.48. The highest BCUT2D eigenvalue weighted by atomic mass is 127. The minimum absolute atomic E-state index is 0. The number of aliphatic imine (C=N–C) groups is 1. The van der Waals surface area contributed by atoms with Crippen molar-refractivity contribution in [2.75, 3.05) is 46.4 Å². The Balaban J connectivity index is 0.00000306. The zero-order valence-electron chi connectivity index (χ0n) is 18.8. The van der Waals surface area contributed by atoms with E-state index in [0.29, 0.717) is 19.8 Å². The Morgan fingerprint density at radius 1 is 1.12 bits per heavy atom. The van der Waals surface area contributed by atoms with E-state index in [1.54, 1.807) is 7.05 Å². The van der Waals surface area contributed by atoms with Gasteiger partial charge in [0.15, 0.2) is 11.6 Å². The van der Waals surface area contributed by atoms with Crippen molar-refractivity contribution >= 4 is 35.6 Å². The molecule has 2 N–H and O–H groups in total. The van der Waals surface area contributed by atoms with E-state index in [1.807, 2.05) is 40.9 Å². The molecule has 1 unspecified atom stereocenters. The molecule has 10 heteroatoms. The molecule has 0 spiro atoms. The van der Waals surface area contributed by atoms with Crippen LogP contribution >= 0.6 is 24.0 Å². The number of pyridine rings is 1. The zero-order valence-corrected chi connectivity index (χ0v) is 21.1. The number of aromatic nitrogens is 3. The Labute approximate surface area is 210 Å². The highest BCUT2D eigenvalue weighted by molar-refractivity contribution is 14.0. The van der Waals surface area contributed by atoms with E-state index in [1.165, 1.54) is 12.1 Å². The van der Waals surface area contributed by atoms with Crippen molar-refractivity contribution in [1.29, 1.82) is 0 Å². The number of guanidine groups is 1. The fourth-order valence-corrected chi connectivity index (χ4v) is 3.96. The van der Waals surface area contributed by atoms with Crippen LogP contribution in [0.25, 0.3) is 5.65 Å². The highest BCUT2D eigenvalue weighted by Crippen LogP contribution is 2.21. The number of ether oxygens (including phenoxy) is 1. The molecule has 1 atom stereocenters. The summed E-state index contributed by atoms with van der Waals surface area (Å²) >= 11 is 0. The third-order valence-electron chi connectivity index (χ3n) is 5.68. The van der Waals surface area contributed by atoms with Crippen LogP contribution in [0.5, 0.6) is 0 Å². The van der Waals surface area contributed by atoms with Crippen LogP contribution in [0.4, 0.5) is 4.39 Å². The quantitative estimate of drug-likeness (QED) is 0.189. The Morgan fingerprint density at radius 2 is 1.91 bits per heavy atom. The van der Waals surface area contributed by atoms with E-state index in [0.717, 1.165) is 55.5 Å². The number of hydrogen-bond acceptors (Lipinski definition) is 5. The third kappa shape index (κ3) is 6.84. The van der Waals surface area contributed by atoms with Crippen molar-refractivity contribution in [3.63, 3.8) is 0 Å². The summed E-state index contributed by atoms with van der Waals surface area (Å²) in [5.41, 5.74) is 1.94. The number of halogens is 2. The molecule has 3 aromatic rings. The fraction of sp³-hybridized carbons (Fsp3) is 0.435. The number of rotatable bonds is 8. The van der Waals surface area contributed by atoms with Crippen LogP contribution in [0.15, 0.2) is 53.7 Å². The topological polar surface area (TPSA) is 79.1 Å². The van der Waals surface area contributed by atoms with E-state index in [9.17, 15) is 4.39 Å². The van der Waals surface area contributed by atoms with Crippen molar-refractivity contribution in [3.05, 3.63) is 65.9 Å². The molecule has 178 valence electrons. The first-order chi connectivity index (χ1) is 15.7. The molecule has 0 amide bonds. The van der Waals surface area contributed by atoms with Crippen LogP contribution < -0.4 is 10.6 Å². The van der Waals surface area contributed by atoms with Gasteiger partial charge in [-0.3, -0.25) is 14.3 Å². The summed E-state index contributed by atoms with van der Waals surface area (Å²) < 4.78 is 21.0. The van der Waals surface area contributed by atoms with Gasteiger partial charge in [0.25, 0.3) is 0 Å². The van der Waals surface area contributed by atoms with Crippen molar-refractivity contribution < 1.29 is 9.13 Å². The summed E-state index contributed by atoms with van der Waals surface area (Å²) in [6.45, 7) is 4.55. The smallest absolute Gasteiger partial charge is 0.191 e. The molecule has 1 aliphatic rings. The summed E-state index contributed by atoms with van der Waals surface area (Å²) in [5, 5.41) is 15.3. The normalized spacial score (nSPS) is 15.8. The summed E-state index contributed by atoms with van der Waals surface area (Å²) in [6, 6.07) is 12.8. The molecule has 0 saturated carbocycles.